The number of halogens is 1. The number of rotatable bonds is 8. The highest BCUT2D eigenvalue weighted by Gasteiger charge is 2.23. The maximum absolute atomic E-state index is 14.2. The molecule has 0 spiro atoms. The molecule has 1 heterocycles. The molecule has 3 aromatic rings. The summed E-state index contributed by atoms with van der Waals surface area (Å²) in [5, 5.41) is 0.932. The fraction of sp³-hybridized carbons (Fsp3) is 0.481. The topological polar surface area (TPSA) is 73.7 Å². The molecule has 1 saturated carbocycles. The van der Waals surface area contributed by atoms with Gasteiger partial charge in [-0.1, -0.05) is 19.9 Å². The van der Waals surface area contributed by atoms with Gasteiger partial charge in [0.25, 0.3) is 0 Å². The van der Waals surface area contributed by atoms with Crippen LogP contribution in [0.3, 0.4) is 0 Å². The van der Waals surface area contributed by atoms with Crippen molar-refractivity contribution >= 4 is 26.3 Å². The molecule has 4 rings (SSSR count). The normalized spacial score (nSPS) is 18.5. The summed E-state index contributed by atoms with van der Waals surface area (Å²) in [5.74, 6) is 1.26. The van der Waals surface area contributed by atoms with Crippen molar-refractivity contribution in [1.82, 2.24) is 9.97 Å². The molecule has 8 heteroatoms. The van der Waals surface area contributed by atoms with Gasteiger partial charge in [0, 0.05) is 42.1 Å². The lowest BCUT2D eigenvalue weighted by molar-refractivity contribution is 0.0324. The lowest BCUT2D eigenvalue weighted by Crippen LogP contribution is -2.28. The Balaban J connectivity index is 1.66. The van der Waals surface area contributed by atoms with E-state index in [1.165, 1.54) is 18.5 Å². The monoisotopic (exact) mass is 499 g/mol. The van der Waals surface area contributed by atoms with Crippen molar-refractivity contribution in [3.05, 3.63) is 59.3 Å². The minimum Gasteiger partial charge on any atom is -0.490 e. The third kappa shape index (κ3) is 5.98. The first-order valence-corrected chi connectivity index (χ1v) is 14.1. The molecule has 2 aromatic carbocycles. The van der Waals surface area contributed by atoms with E-state index < -0.39 is 9.73 Å². The quantitative estimate of drug-likeness (QED) is 0.372. The Kier molecular flexibility index (Phi) is 8.02. The molecule has 0 saturated heterocycles. The van der Waals surface area contributed by atoms with Crippen LogP contribution in [0.15, 0.2) is 41.0 Å². The largest absolute Gasteiger partial charge is 0.490 e. The Bertz CT molecular complexity index is 1300. The lowest BCUT2D eigenvalue weighted by atomic mass is 9.94. The van der Waals surface area contributed by atoms with E-state index in [1.807, 2.05) is 32.9 Å². The second kappa shape index (κ2) is 11.0. The van der Waals surface area contributed by atoms with Crippen LogP contribution in [0, 0.1) is 12.7 Å². The molecule has 0 bridgehead atoms. The number of aryl methyl sites for hydroxylation is 1. The number of fused-ring (bicyclic) bond motifs is 1. The number of nitrogens with zero attached hydrogens (tertiary/aromatic N) is 3. The SMILES string of the molecule is CCS(=O)(CC)=Nc1cc(C)c2c(Cc3ccc(F)cc3OC3CCC(OC)CC3)ncnc2c1. The molecule has 1 fully saturated rings. The zero-order valence-electron chi connectivity index (χ0n) is 20.9. The zero-order valence-corrected chi connectivity index (χ0v) is 21.7. The van der Waals surface area contributed by atoms with Gasteiger partial charge in [0.05, 0.1) is 38.8 Å². The van der Waals surface area contributed by atoms with Crippen LogP contribution in [-0.2, 0) is 20.9 Å². The van der Waals surface area contributed by atoms with Crippen molar-refractivity contribution in [2.75, 3.05) is 18.6 Å². The molecule has 188 valence electrons. The molecule has 1 aromatic heterocycles. The van der Waals surface area contributed by atoms with Gasteiger partial charge in [0.2, 0.25) is 0 Å². The number of methoxy groups -OCH3 is 1. The number of hydrogen-bond acceptors (Lipinski definition) is 6. The molecule has 0 unspecified atom stereocenters. The third-order valence-electron chi connectivity index (χ3n) is 6.81. The average molecular weight is 500 g/mol. The van der Waals surface area contributed by atoms with Crippen LogP contribution in [0.4, 0.5) is 10.1 Å². The number of hydrogen-bond donors (Lipinski definition) is 0. The highest BCUT2D eigenvalue weighted by Crippen LogP contribution is 2.32. The molecule has 1 aliphatic carbocycles. The zero-order chi connectivity index (χ0) is 25.0. The van der Waals surface area contributed by atoms with Crippen LogP contribution in [0.5, 0.6) is 5.75 Å². The minimum absolute atomic E-state index is 0.0435. The summed E-state index contributed by atoms with van der Waals surface area (Å²) < 4.78 is 43.3. The first kappa shape index (κ1) is 25.5. The highest BCUT2D eigenvalue weighted by molar-refractivity contribution is 7.93. The Morgan fingerprint density at radius 1 is 1.06 bits per heavy atom. The third-order valence-corrected chi connectivity index (χ3v) is 9.16. The molecule has 0 aliphatic heterocycles. The van der Waals surface area contributed by atoms with Crippen LogP contribution < -0.4 is 4.74 Å². The fourth-order valence-electron chi connectivity index (χ4n) is 4.69. The molecule has 0 radical (unpaired) electrons. The van der Waals surface area contributed by atoms with E-state index in [1.54, 1.807) is 13.2 Å². The van der Waals surface area contributed by atoms with Crippen LogP contribution in [0.1, 0.15) is 56.4 Å². The smallest absolute Gasteiger partial charge is 0.126 e. The van der Waals surface area contributed by atoms with Crippen molar-refractivity contribution < 1.29 is 18.1 Å². The summed E-state index contributed by atoms with van der Waals surface area (Å²) in [5.41, 5.74) is 4.11. The van der Waals surface area contributed by atoms with Crippen LogP contribution in [-0.4, -0.2) is 45.0 Å². The molecule has 35 heavy (non-hydrogen) atoms. The summed E-state index contributed by atoms with van der Waals surface area (Å²) in [6.45, 7) is 5.79. The number of aromatic nitrogens is 2. The molecular formula is C27H34FN3O3S. The van der Waals surface area contributed by atoms with Gasteiger partial charge < -0.3 is 9.47 Å². The summed E-state index contributed by atoms with van der Waals surface area (Å²) in [4.78, 5) is 9.03. The standard InChI is InChI=1S/C27H34FN3O3S/c1-5-35(32,6-2)31-21-13-18(3)27-24(29-17-30-25(27)16-21)14-19-7-8-20(28)15-26(19)34-23-11-9-22(33-4)10-12-23/h7-8,13,15-17,22-23H,5-6,9-12,14H2,1-4H3. The van der Waals surface area contributed by atoms with Crippen LogP contribution in [0.2, 0.25) is 0 Å². The van der Waals surface area contributed by atoms with Crippen molar-refractivity contribution in [1.29, 1.82) is 0 Å². The Labute approximate surface area is 207 Å². The van der Waals surface area contributed by atoms with Gasteiger partial charge in [-0.2, -0.15) is 4.36 Å². The second-order valence-electron chi connectivity index (χ2n) is 9.10. The Morgan fingerprint density at radius 2 is 1.77 bits per heavy atom. The van der Waals surface area contributed by atoms with Gasteiger partial charge in [0.1, 0.15) is 17.9 Å². The Hall–Kier alpha value is -2.58. The number of ether oxygens (including phenoxy) is 2. The average Bonchev–Trinajstić information content (AvgIpc) is 2.86. The van der Waals surface area contributed by atoms with E-state index in [-0.39, 0.29) is 18.0 Å². The molecule has 0 N–H and O–H groups in total. The molecule has 6 nitrogen and oxygen atoms in total. The number of benzene rings is 2. The van der Waals surface area contributed by atoms with E-state index in [2.05, 4.69) is 14.3 Å². The van der Waals surface area contributed by atoms with Crippen molar-refractivity contribution in [3.8, 4) is 5.75 Å². The second-order valence-corrected chi connectivity index (χ2v) is 12.0. The summed E-state index contributed by atoms with van der Waals surface area (Å²) in [7, 11) is -0.526. The molecule has 1 aliphatic rings. The summed E-state index contributed by atoms with van der Waals surface area (Å²) in [6, 6.07) is 8.52. The van der Waals surface area contributed by atoms with Crippen molar-refractivity contribution in [2.24, 2.45) is 4.36 Å². The van der Waals surface area contributed by atoms with Gasteiger partial charge in [-0.3, -0.25) is 0 Å². The summed E-state index contributed by atoms with van der Waals surface area (Å²) in [6.07, 6.45) is 5.99. The van der Waals surface area contributed by atoms with Crippen LogP contribution >= 0.6 is 0 Å². The molecular weight excluding hydrogens is 465 g/mol. The van der Waals surface area contributed by atoms with Gasteiger partial charge in [0.15, 0.2) is 0 Å². The highest BCUT2D eigenvalue weighted by atomic mass is 32.2. The minimum atomic E-state index is -2.27. The molecule has 0 atom stereocenters. The predicted octanol–water partition coefficient (Wildman–Crippen LogP) is 6.14. The van der Waals surface area contributed by atoms with Crippen molar-refractivity contribution in [2.45, 2.75) is 65.1 Å². The van der Waals surface area contributed by atoms with Gasteiger partial charge >= 0.3 is 0 Å². The van der Waals surface area contributed by atoms with E-state index in [0.717, 1.165) is 53.4 Å². The lowest BCUT2D eigenvalue weighted by Gasteiger charge is -2.28. The van der Waals surface area contributed by atoms with E-state index in [4.69, 9.17) is 9.47 Å². The summed E-state index contributed by atoms with van der Waals surface area (Å²) >= 11 is 0. The van der Waals surface area contributed by atoms with Gasteiger partial charge in [-0.25, -0.2) is 18.6 Å². The first-order valence-electron chi connectivity index (χ1n) is 12.3. The van der Waals surface area contributed by atoms with E-state index in [9.17, 15) is 8.60 Å². The maximum atomic E-state index is 14.2. The van der Waals surface area contributed by atoms with Crippen LogP contribution in [0.25, 0.3) is 10.9 Å². The maximum Gasteiger partial charge on any atom is 0.126 e. The first-order chi connectivity index (χ1) is 16.8. The van der Waals surface area contributed by atoms with Crippen molar-refractivity contribution in [3.63, 3.8) is 0 Å². The van der Waals surface area contributed by atoms with E-state index in [0.29, 0.717) is 29.4 Å². The predicted molar refractivity (Wildman–Crippen MR) is 138 cm³/mol. The fourth-order valence-corrected chi connectivity index (χ4v) is 5.85. The Morgan fingerprint density at radius 3 is 2.46 bits per heavy atom. The van der Waals surface area contributed by atoms with Gasteiger partial charge in [-0.15, -0.1) is 0 Å². The van der Waals surface area contributed by atoms with Gasteiger partial charge in [-0.05, 0) is 56.4 Å². The molecule has 0 amide bonds. The van der Waals surface area contributed by atoms with E-state index >= 15 is 0 Å².